The number of furan rings is 1. The minimum absolute atomic E-state index is 0.177. The van der Waals surface area contributed by atoms with Gasteiger partial charge in [0.05, 0.1) is 23.2 Å². The fourth-order valence-corrected chi connectivity index (χ4v) is 2.40. The van der Waals surface area contributed by atoms with Gasteiger partial charge in [-0.15, -0.1) is 0 Å². The molecule has 0 aliphatic carbocycles. The van der Waals surface area contributed by atoms with Gasteiger partial charge in [-0.3, -0.25) is 0 Å². The molecular formula is C18H22ClNO4. The van der Waals surface area contributed by atoms with Gasteiger partial charge in [-0.05, 0) is 57.1 Å². The molecule has 0 aliphatic heterocycles. The number of benzene rings is 1. The van der Waals surface area contributed by atoms with Crippen molar-refractivity contribution in [2.45, 2.75) is 32.9 Å². The number of nitrogens with one attached hydrogen (secondary N) is 1. The van der Waals surface area contributed by atoms with Crippen LogP contribution in [0.1, 0.15) is 36.4 Å². The van der Waals surface area contributed by atoms with E-state index in [-0.39, 0.29) is 11.7 Å². The molecule has 2 rings (SSSR count). The van der Waals surface area contributed by atoms with E-state index < -0.39 is 5.97 Å². The molecule has 0 fully saturated rings. The first kappa shape index (κ1) is 18.5. The van der Waals surface area contributed by atoms with Crippen molar-refractivity contribution in [3.8, 4) is 11.3 Å². The van der Waals surface area contributed by atoms with Gasteiger partial charge in [0.1, 0.15) is 11.5 Å². The second kappa shape index (κ2) is 8.87. The number of hydrogen-bond acceptors (Lipinski definition) is 4. The van der Waals surface area contributed by atoms with Crippen molar-refractivity contribution < 1.29 is 19.1 Å². The lowest BCUT2D eigenvalue weighted by Gasteiger charge is -2.07. The molecule has 130 valence electrons. The number of carboxylic acids is 1. The Bertz CT molecular complexity index is 681. The van der Waals surface area contributed by atoms with E-state index in [2.05, 4.69) is 5.32 Å². The first-order chi connectivity index (χ1) is 11.5. The molecule has 2 N–H and O–H groups in total. The third-order valence-electron chi connectivity index (χ3n) is 3.39. The Morgan fingerprint density at radius 3 is 2.83 bits per heavy atom. The summed E-state index contributed by atoms with van der Waals surface area (Å²) in [6.07, 6.45) is 1.18. The summed E-state index contributed by atoms with van der Waals surface area (Å²) in [6.45, 7) is 6.19. The topological polar surface area (TPSA) is 71.7 Å². The molecule has 5 nitrogen and oxygen atoms in total. The Balaban J connectivity index is 1.91. The highest BCUT2D eigenvalue weighted by molar-refractivity contribution is 6.33. The zero-order valence-corrected chi connectivity index (χ0v) is 14.6. The Labute approximate surface area is 146 Å². The number of hydrogen-bond donors (Lipinski definition) is 2. The molecule has 0 bridgehead atoms. The molecule has 1 heterocycles. The molecule has 0 radical (unpaired) electrons. The van der Waals surface area contributed by atoms with Crippen molar-refractivity contribution >= 4 is 17.6 Å². The number of carboxylic acid groups (broad SMARTS) is 1. The van der Waals surface area contributed by atoms with Gasteiger partial charge >= 0.3 is 5.97 Å². The molecule has 0 unspecified atom stereocenters. The Morgan fingerprint density at radius 2 is 2.12 bits per heavy atom. The summed E-state index contributed by atoms with van der Waals surface area (Å²) >= 11 is 6.15. The maximum atomic E-state index is 11.1. The van der Waals surface area contributed by atoms with Crippen LogP contribution in [-0.4, -0.2) is 30.3 Å². The van der Waals surface area contributed by atoms with Crippen LogP contribution >= 0.6 is 11.6 Å². The van der Waals surface area contributed by atoms with E-state index in [0.717, 1.165) is 25.3 Å². The summed E-state index contributed by atoms with van der Waals surface area (Å²) in [5.41, 5.74) is 0.753. The van der Waals surface area contributed by atoms with Crippen molar-refractivity contribution in [2.75, 3.05) is 13.2 Å². The zero-order chi connectivity index (χ0) is 17.5. The van der Waals surface area contributed by atoms with Gasteiger partial charge in [0.15, 0.2) is 0 Å². The van der Waals surface area contributed by atoms with Gasteiger partial charge in [-0.1, -0.05) is 11.6 Å². The van der Waals surface area contributed by atoms with Crippen LogP contribution in [0.5, 0.6) is 0 Å². The number of halogens is 1. The second-order valence-corrected chi connectivity index (χ2v) is 6.12. The van der Waals surface area contributed by atoms with Crippen LogP contribution in [0.25, 0.3) is 11.3 Å². The largest absolute Gasteiger partial charge is 0.478 e. The van der Waals surface area contributed by atoms with Gasteiger partial charge in [-0.2, -0.15) is 0 Å². The number of aromatic carboxylic acids is 1. The molecule has 0 amide bonds. The van der Waals surface area contributed by atoms with E-state index >= 15 is 0 Å². The average Bonchev–Trinajstić information content (AvgIpc) is 2.99. The standard InChI is InChI=1S/C18H22ClNO4/c1-12(2)23-9-3-8-20-11-14-5-7-17(24-14)15-10-13(18(21)22)4-6-16(15)19/h4-7,10,12,20H,3,8-9,11H2,1-2H3,(H,21,22). The Morgan fingerprint density at radius 1 is 1.33 bits per heavy atom. The van der Waals surface area contributed by atoms with Gasteiger partial charge in [0.25, 0.3) is 0 Å². The van der Waals surface area contributed by atoms with Crippen LogP contribution in [-0.2, 0) is 11.3 Å². The monoisotopic (exact) mass is 351 g/mol. The smallest absolute Gasteiger partial charge is 0.335 e. The maximum Gasteiger partial charge on any atom is 0.335 e. The van der Waals surface area contributed by atoms with E-state index in [0.29, 0.717) is 22.9 Å². The zero-order valence-electron chi connectivity index (χ0n) is 13.8. The van der Waals surface area contributed by atoms with Crippen LogP contribution in [0.3, 0.4) is 0 Å². The summed E-state index contributed by atoms with van der Waals surface area (Å²) < 4.78 is 11.2. The first-order valence-electron chi connectivity index (χ1n) is 7.91. The molecule has 0 spiro atoms. The van der Waals surface area contributed by atoms with Crippen LogP contribution in [0.15, 0.2) is 34.7 Å². The predicted molar refractivity (Wildman–Crippen MR) is 93.5 cm³/mol. The molecule has 0 saturated carbocycles. The SMILES string of the molecule is CC(C)OCCCNCc1ccc(-c2cc(C(=O)O)ccc2Cl)o1. The second-order valence-electron chi connectivity index (χ2n) is 5.72. The molecule has 0 atom stereocenters. The minimum Gasteiger partial charge on any atom is -0.478 e. The van der Waals surface area contributed by atoms with Gasteiger partial charge in [0.2, 0.25) is 0 Å². The predicted octanol–water partition coefficient (Wildman–Crippen LogP) is 4.20. The van der Waals surface area contributed by atoms with Crippen LogP contribution in [0, 0.1) is 0 Å². The summed E-state index contributed by atoms with van der Waals surface area (Å²) in [4.78, 5) is 11.1. The Hall–Kier alpha value is -1.82. The quantitative estimate of drug-likeness (QED) is 0.662. The highest BCUT2D eigenvalue weighted by atomic mass is 35.5. The Kier molecular flexibility index (Phi) is 6.85. The minimum atomic E-state index is -0.995. The van der Waals surface area contributed by atoms with Crippen molar-refractivity contribution in [3.63, 3.8) is 0 Å². The van der Waals surface area contributed by atoms with E-state index in [1.807, 2.05) is 19.9 Å². The molecule has 2 aromatic rings. The molecule has 0 aliphatic rings. The summed E-state index contributed by atoms with van der Waals surface area (Å²) in [5, 5.41) is 12.8. The van der Waals surface area contributed by atoms with Gasteiger partial charge < -0.3 is 19.6 Å². The molecule has 1 aromatic heterocycles. The highest BCUT2D eigenvalue weighted by Gasteiger charge is 2.12. The normalized spacial score (nSPS) is 11.2. The molecular weight excluding hydrogens is 330 g/mol. The fraction of sp³-hybridized carbons (Fsp3) is 0.389. The van der Waals surface area contributed by atoms with E-state index in [1.54, 1.807) is 12.1 Å². The van der Waals surface area contributed by atoms with Crippen LogP contribution in [0.2, 0.25) is 5.02 Å². The van der Waals surface area contributed by atoms with Crippen molar-refractivity contribution in [3.05, 3.63) is 46.7 Å². The summed E-state index contributed by atoms with van der Waals surface area (Å²) in [7, 11) is 0. The van der Waals surface area contributed by atoms with Crippen molar-refractivity contribution in [1.82, 2.24) is 5.32 Å². The molecule has 0 saturated heterocycles. The van der Waals surface area contributed by atoms with E-state index in [1.165, 1.54) is 12.1 Å². The van der Waals surface area contributed by atoms with E-state index in [9.17, 15) is 4.79 Å². The maximum absolute atomic E-state index is 11.1. The van der Waals surface area contributed by atoms with Crippen molar-refractivity contribution in [1.29, 1.82) is 0 Å². The summed E-state index contributed by atoms with van der Waals surface area (Å²) in [6, 6.07) is 8.21. The average molecular weight is 352 g/mol. The number of ether oxygens (including phenoxy) is 1. The molecule has 24 heavy (non-hydrogen) atoms. The van der Waals surface area contributed by atoms with E-state index in [4.69, 9.17) is 25.9 Å². The fourth-order valence-electron chi connectivity index (χ4n) is 2.19. The number of carbonyl (C=O) groups is 1. The lowest BCUT2D eigenvalue weighted by molar-refractivity contribution is 0.0696. The highest BCUT2D eigenvalue weighted by Crippen LogP contribution is 2.30. The lowest BCUT2D eigenvalue weighted by Crippen LogP contribution is -2.17. The third kappa shape index (κ3) is 5.37. The van der Waals surface area contributed by atoms with Gasteiger partial charge in [0, 0.05) is 12.2 Å². The lowest BCUT2D eigenvalue weighted by atomic mass is 10.1. The van der Waals surface area contributed by atoms with Gasteiger partial charge in [-0.25, -0.2) is 4.79 Å². The van der Waals surface area contributed by atoms with Crippen LogP contribution < -0.4 is 5.32 Å². The number of rotatable bonds is 9. The molecule has 1 aromatic carbocycles. The van der Waals surface area contributed by atoms with Crippen LogP contribution in [0.4, 0.5) is 0 Å². The molecule has 6 heteroatoms. The first-order valence-corrected chi connectivity index (χ1v) is 8.29. The third-order valence-corrected chi connectivity index (χ3v) is 3.72. The van der Waals surface area contributed by atoms with Crippen molar-refractivity contribution in [2.24, 2.45) is 0 Å². The summed E-state index contributed by atoms with van der Waals surface area (Å²) in [5.74, 6) is 0.333.